The van der Waals surface area contributed by atoms with Crippen molar-refractivity contribution in [3.05, 3.63) is 51.9 Å². The van der Waals surface area contributed by atoms with Crippen molar-refractivity contribution in [2.45, 2.75) is 33.2 Å². The molecule has 0 bridgehead atoms. The van der Waals surface area contributed by atoms with Gasteiger partial charge in [-0.15, -0.1) is 0 Å². The average Bonchev–Trinajstić information content (AvgIpc) is 3.05. The molecule has 1 atom stereocenters. The summed E-state index contributed by atoms with van der Waals surface area (Å²) in [5, 5.41) is 4.60. The van der Waals surface area contributed by atoms with E-state index in [0.29, 0.717) is 49.9 Å². The molecule has 162 valence electrons. The van der Waals surface area contributed by atoms with Crippen LogP contribution in [0, 0.1) is 13.8 Å². The predicted molar refractivity (Wildman–Crippen MR) is 115 cm³/mol. The fourth-order valence-electron chi connectivity index (χ4n) is 3.66. The minimum atomic E-state index is -0.0346. The Kier molecular flexibility index (Phi) is 7.15. The summed E-state index contributed by atoms with van der Waals surface area (Å²) < 4.78 is 5.15. The van der Waals surface area contributed by atoms with Crippen LogP contribution in [0.4, 0.5) is 0 Å². The Morgan fingerprint density at radius 1 is 1.17 bits per heavy atom. The fraction of sp³-hybridized carbons (Fsp3) is 0.500. The number of piperazine rings is 1. The van der Waals surface area contributed by atoms with Crippen molar-refractivity contribution in [1.29, 1.82) is 0 Å². The van der Waals surface area contributed by atoms with Gasteiger partial charge >= 0.3 is 0 Å². The first kappa shape index (κ1) is 22.3. The van der Waals surface area contributed by atoms with Gasteiger partial charge in [0.25, 0.3) is 0 Å². The quantitative estimate of drug-likeness (QED) is 0.702. The molecule has 0 N–H and O–H groups in total. The third-order valence-electron chi connectivity index (χ3n) is 5.92. The summed E-state index contributed by atoms with van der Waals surface area (Å²) in [4.78, 5) is 31.1. The van der Waals surface area contributed by atoms with Crippen LogP contribution in [0.25, 0.3) is 0 Å². The van der Waals surface area contributed by atoms with Crippen LogP contribution < -0.4 is 0 Å². The zero-order chi connectivity index (χ0) is 21.8. The topological polar surface area (TPSA) is 69.9 Å². The molecular weight excluding hydrogens is 404 g/mol. The standard InChI is InChI=1S/C22H29ClN4O3/c1-15-20(17(3)30-24-15)13-21(28)27-11-9-26(10-12-27)14-22(29)25(4)16(2)18-5-7-19(23)8-6-18/h5-8,16H,9-14H2,1-4H3. The molecule has 7 nitrogen and oxygen atoms in total. The fourth-order valence-corrected chi connectivity index (χ4v) is 3.78. The molecule has 8 heteroatoms. The Hall–Kier alpha value is -2.38. The Bertz CT molecular complexity index is 869. The molecule has 0 aliphatic carbocycles. The van der Waals surface area contributed by atoms with Crippen molar-refractivity contribution in [3.63, 3.8) is 0 Å². The first-order chi connectivity index (χ1) is 14.3. The summed E-state index contributed by atoms with van der Waals surface area (Å²) in [7, 11) is 1.82. The van der Waals surface area contributed by atoms with Gasteiger partial charge in [0.05, 0.1) is 24.7 Å². The number of hydrogen-bond donors (Lipinski definition) is 0. The van der Waals surface area contributed by atoms with Crippen molar-refractivity contribution in [1.82, 2.24) is 19.9 Å². The lowest BCUT2D eigenvalue weighted by atomic mass is 10.1. The van der Waals surface area contributed by atoms with Gasteiger partial charge in [0, 0.05) is 43.8 Å². The second-order valence-electron chi connectivity index (χ2n) is 7.87. The number of amides is 2. The maximum atomic E-state index is 12.8. The summed E-state index contributed by atoms with van der Waals surface area (Å²) in [6, 6.07) is 7.53. The first-order valence-corrected chi connectivity index (χ1v) is 10.6. The minimum Gasteiger partial charge on any atom is -0.361 e. The van der Waals surface area contributed by atoms with Crippen molar-refractivity contribution < 1.29 is 14.1 Å². The highest BCUT2D eigenvalue weighted by Crippen LogP contribution is 2.21. The number of halogens is 1. The van der Waals surface area contributed by atoms with Gasteiger partial charge in [0.1, 0.15) is 5.76 Å². The maximum absolute atomic E-state index is 12.8. The first-order valence-electron chi connectivity index (χ1n) is 10.2. The van der Waals surface area contributed by atoms with Gasteiger partial charge < -0.3 is 14.3 Å². The highest BCUT2D eigenvalue weighted by atomic mass is 35.5. The highest BCUT2D eigenvalue weighted by Gasteiger charge is 2.26. The zero-order valence-electron chi connectivity index (χ0n) is 18.0. The molecule has 2 amide bonds. The smallest absolute Gasteiger partial charge is 0.236 e. The normalized spacial score (nSPS) is 15.8. The van der Waals surface area contributed by atoms with E-state index in [-0.39, 0.29) is 17.9 Å². The van der Waals surface area contributed by atoms with Crippen LogP contribution in [0.3, 0.4) is 0 Å². The Morgan fingerprint density at radius 2 is 1.80 bits per heavy atom. The lowest BCUT2D eigenvalue weighted by Gasteiger charge is -2.35. The molecule has 0 spiro atoms. The van der Waals surface area contributed by atoms with Gasteiger partial charge in [-0.3, -0.25) is 14.5 Å². The maximum Gasteiger partial charge on any atom is 0.236 e. The highest BCUT2D eigenvalue weighted by molar-refractivity contribution is 6.30. The SMILES string of the molecule is Cc1noc(C)c1CC(=O)N1CCN(CC(=O)N(C)C(C)c2ccc(Cl)cc2)CC1. The Labute approximate surface area is 182 Å². The number of hydrogen-bond acceptors (Lipinski definition) is 5. The number of aromatic nitrogens is 1. The molecular formula is C22H29ClN4O3. The second kappa shape index (κ2) is 9.62. The van der Waals surface area contributed by atoms with Gasteiger partial charge in [-0.1, -0.05) is 28.9 Å². The van der Waals surface area contributed by atoms with Crippen LogP contribution in [0.1, 0.15) is 35.5 Å². The van der Waals surface area contributed by atoms with Gasteiger partial charge in [0.2, 0.25) is 11.8 Å². The molecule has 3 rings (SSSR count). The molecule has 1 fully saturated rings. The van der Waals surface area contributed by atoms with Crippen LogP contribution in [0.15, 0.2) is 28.8 Å². The third-order valence-corrected chi connectivity index (χ3v) is 6.17. The number of benzene rings is 1. The lowest BCUT2D eigenvalue weighted by Crippen LogP contribution is -2.51. The predicted octanol–water partition coefficient (Wildman–Crippen LogP) is 2.85. The summed E-state index contributed by atoms with van der Waals surface area (Å²) in [6.07, 6.45) is 0.307. The van der Waals surface area contributed by atoms with E-state index in [0.717, 1.165) is 16.8 Å². The van der Waals surface area contributed by atoms with Crippen LogP contribution in [0.5, 0.6) is 0 Å². The summed E-state index contributed by atoms with van der Waals surface area (Å²) in [5.41, 5.74) is 2.68. The minimum absolute atomic E-state index is 0.0346. The lowest BCUT2D eigenvalue weighted by molar-refractivity contribution is -0.135. The van der Waals surface area contributed by atoms with Gasteiger partial charge in [-0.05, 0) is 38.5 Å². The van der Waals surface area contributed by atoms with Crippen molar-refractivity contribution >= 4 is 23.4 Å². The molecule has 1 aromatic carbocycles. The number of aryl methyl sites for hydroxylation is 2. The van der Waals surface area contributed by atoms with Crippen LogP contribution in [-0.4, -0.2) is 71.4 Å². The van der Waals surface area contributed by atoms with E-state index in [1.165, 1.54) is 0 Å². The molecule has 1 saturated heterocycles. The average molecular weight is 433 g/mol. The number of rotatable bonds is 6. The van der Waals surface area contributed by atoms with Crippen LogP contribution >= 0.6 is 11.6 Å². The molecule has 1 aliphatic heterocycles. The molecule has 1 unspecified atom stereocenters. The zero-order valence-corrected chi connectivity index (χ0v) is 18.8. The Morgan fingerprint density at radius 3 is 2.37 bits per heavy atom. The van der Waals surface area contributed by atoms with E-state index in [2.05, 4.69) is 10.1 Å². The number of carbonyl (C=O) groups excluding carboxylic acids is 2. The summed E-state index contributed by atoms with van der Waals surface area (Å²) in [5.74, 6) is 0.833. The number of nitrogens with zero attached hydrogens (tertiary/aromatic N) is 4. The monoisotopic (exact) mass is 432 g/mol. The summed E-state index contributed by atoms with van der Waals surface area (Å²) in [6.45, 7) is 8.63. The molecule has 30 heavy (non-hydrogen) atoms. The third kappa shape index (κ3) is 5.21. The number of carbonyl (C=O) groups is 2. The Balaban J connectivity index is 1.48. The van der Waals surface area contributed by atoms with Crippen molar-refractivity contribution in [2.24, 2.45) is 0 Å². The molecule has 0 radical (unpaired) electrons. The number of likely N-dealkylation sites (N-methyl/N-ethyl adjacent to an activating group) is 1. The van der Waals surface area contributed by atoms with Gasteiger partial charge in [-0.25, -0.2) is 0 Å². The van der Waals surface area contributed by atoms with Crippen molar-refractivity contribution in [3.8, 4) is 0 Å². The van der Waals surface area contributed by atoms with Crippen LogP contribution in [-0.2, 0) is 16.0 Å². The largest absolute Gasteiger partial charge is 0.361 e. The van der Waals surface area contributed by atoms with Gasteiger partial charge in [-0.2, -0.15) is 0 Å². The van der Waals surface area contributed by atoms with Gasteiger partial charge in [0.15, 0.2) is 0 Å². The second-order valence-corrected chi connectivity index (χ2v) is 8.31. The molecule has 0 saturated carbocycles. The molecule has 1 aliphatic rings. The van der Waals surface area contributed by atoms with E-state index in [9.17, 15) is 9.59 Å². The van der Waals surface area contributed by atoms with E-state index >= 15 is 0 Å². The van der Waals surface area contributed by atoms with Crippen molar-refractivity contribution in [2.75, 3.05) is 39.8 Å². The molecule has 2 heterocycles. The molecule has 1 aromatic heterocycles. The van der Waals surface area contributed by atoms with Crippen LogP contribution in [0.2, 0.25) is 5.02 Å². The van der Waals surface area contributed by atoms with E-state index < -0.39 is 0 Å². The van der Waals surface area contributed by atoms with E-state index in [1.807, 2.05) is 57.0 Å². The molecule has 2 aromatic rings. The van der Waals surface area contributed by atoms with E-state index in [1.54, 1.807) is 4.90 Å². The van der Waals surface area contributed by atoms with E-state index in [4.69, 9.17) is 16.1 Å². The summed E-state index contributed by atoms with van der Waals surface area (Å²) >= 11 is 5.95.